The molecular formula is C20H26O6. The highest BCUT2D eigenvalue weighted by atomic mass is 16.6. The number of aldehydes is 1. The zero-order chi connectivity index (χ0) is 19.3. The van der Waals surface area contributed by atoms with Crippen LogP contribution in [0.3, 0.4) is 0 Å². The standard InChI is InChI=1S/C20H26O6/c1-12(2)7-18(23)25-16-8-14(10-21)5-4-6-15(11-22)9-17-19(16)13(3)20(24)26-17/h5,9-10,12,16-17,19,22H,3-4,6-8,11H2,1-2H3/b14-5?,15-9-/t16-,17+,19-/m0/s1. The van der Waals surface area contributed by atoms with Gasteiger partial charge in [0.2, 0.25) is 0 Å². The number of aliphatic hydroxyl groups excluding tert-OH is 1. The van der Waals surface area contributed by atoms with Crippen molar-refractivity contribution in [1.29, 1.82) is 0 Å². The third-order valence-electron chi connectivity index (χ3n) is 4.58. The highest BCUT2D eigenvalue weighted by Gasteiger charge is 2.44. The van der Waals surface area contributed by atoms with E-state index in [0.29, 0.717) is 24.0 Å². The summed E-state index contributed by atoms with van der Waals surface area (Å²) in [5.74, 6) is -1.38. The van der Waals surface area contributed by atoms with Gasteiger partial charge in [0.1, 0.15) is 18.5 Å². The molecule has 0 spiro atoms. The first-order chi connectivity index (χ1) is 12.3. The van der Waals surface area contributed by atoms with Crippen molar-refractivity contribution in [2.24, 2.45) is 11.8 Å². The van der Waals surface area contributed by atoms with Crippen LogP contribution in [0.4, 0.5) is 0 Å². The second-order valence-corrected chi connectivity index (χ2v) is 7.17. The molecule has 0 amide bonds. The summed E-state index contributed by atoms with van der Waals surface area (Å²) in [4.78, 5) is 35.7. The fourth-order valence-corrected chi connectivity index (χ4v) is 3.28. The van der Waals surface area contributed by atoms with Crippen molar-refractivity contribution in [3.05, 3.63) is 35.5 Å². The van der Waals surface area contributed by atoms with Crippen molar-refractivity contribution in [2.75, 3.05) is 6.61 Å². The van der Waals surface area contributed by atoms with E-state index in [-0.39, 0.29) is 36.9 Å². The quantitative estimate of drug-likeness (QED) is 0.349. The predicted octanol–water partition coefficient (Wildman–Crippen LogP) is 2.27. The number of fused-ring (bicyclic) bond motifs is 1. The minimum absolute atomic E-state index is 0.129. The molecule has 3 atom stereocenters. The van der Waals surface area contributed by atoms with Crippen LogP contribution in [0.15, 0.2) is 35.5 Å². The van der Waals surface area contributed by atoms with Gasteiger partial charge in [-0.2, -0.15) is 0 Å². The van der Waals surface area contributed by atoms with Crippen LogP contribution in [0, 0.1) is 11.8 Å². The van der Waals surface area contributed by atoms with Gasteiger partial charge < -0.3 is 14.6 Å². The molecule has 0 bridgehead atoms. The van der Waals surface area contributed by atoms with Crippen molar-refractivity contribution in [3.63, 3.8) is 0 Å². The average molecular weight is 362 g/mol. The molecule has 1 heterocycles. The Morgan fingerprint density at radius 2 is 2.23 bits per heavy atom. The van der Waals surface area contributed by atoms with Crippen molar-refractivity contribution in [3.8, 4) is 0 Å². The highest BCUT2D eigenvalue weighted by Crippen LogP contribution is 2.36. The molecule has 142 valence electrons. The minimum Gasteiger partial charge on any atom is -0.461 e. The average Bonchev–Trinajstić information content (AvgIpc) is 2.85. The molecule has 26 heavy (non-hydrogen) atoms. The van der Waals surface area contributed by atoms with Gasteiger partial charge >= 0.3 is 11.9 Å². The van der Waals surface area contributed by atoms with Crippen molar-refractivity contribution >= 4 is 18.2 Å². The maximum atomic E-state index is 12.2. The third-order valence-corrected chi connectivity index (χ3v) is 4.58. The van der Waals surface area contributed by atoms with E-state index in [2.05, 4.69) is 6.58 Å². The summed E-state index contributed by atoms with van der Waals surface area (Å²) in [6.45, 7) is 7.45. The van der Waals surface area contributed by atoms with Gasteiger partial charge in [-0.05, 0) is 36.0 Å². The first kappa shape index (κ1) is 20.1. The van der Waals surface area contributed by atoms with Gasteiger partial charge in [-0.25, -0.2) is 4.79 Å². The topological polar surface area (TPSA) is 89.9 Å². The Bertz CT molecular complexity index is 643. The third kappa shape index (κ3) is 4.91. The molecule has 1 fully saturated rings. The number of hydrogen-bond donors (Lipinski definition) is 1. The van der Waals surface area contributed by atoms with Crippen molar-refractivity contribution in [2.45, 2.75) is 51.7 Å². The Balaban J connectivity index is 2.38. The summed E-state index contributed by atoms with van der Waals surface area (Å²) < 4.78 is 11.0. The van der Waals surface area contributed by atoms with E-state index in [9.17, 15) is 19.5 Å². The van der Waals surface area contributed by atoms with Crippen LogP contribution in [0.5, 0.6) is 0 Å². The number of allylic oxidation sites excluding steroid dienone is 1. The Morgan fingerprint density at radius 3 is 2.85 bits per heavy atom. The summed E-state index contributed by atoms with van der Waals surface area (Å²) in [6, 6.07) is 0. The summed E-state index contributed by atoms with van der Waals surface area (Å²) in [5.41, 5.74) is 1.42. The molecule has 0 aromatic carbocycles. The van der Waals surface area contributed by atoms with E-state index in [4.69, 9.17) is 9.47 Å². The summed E-state index contributed by atoms with van der Waals surface area (Å²) >= 11 is 0. The summed E-state index contributed by atoms with van der Waals surface area (Å²) in [6.07, 6.45) is 4.40. The molecule has 2 aliphatic rings. The van der Waals surface area contributed by atoms with E-state index in [1.54, 1.807) is 12.2 Å². The molecule has 1 N–H and O–H groups in total. The van der Waals surface area contributed by atoms with E-state index in [1.807, 2.05) is 13.8 Å². The second-order valence-electron chi connectivity index (χ2n) is 7.17. The Hall–Kier alpha value is -2.21. The van der Waals surface area contributed by atoms with Crippen molar-refractivity contribution in [1.82, 2.24) is 0 Å². The van der Waals surface area contributed by atoms with E-state index < -0.39 is 24.1 Å². The molecule has 0 aromatic heterocycles. The van der Waals surface area contributed by atoms with Crippen molar-refractivity contribution < 1.29 is 29.0 Å². The predicted molar refractivity (Wildman–Crippen MR) is 95.0 cm³/mol. The molecule has 6 nitrogen and oxygen atoms in total. The molecule has 2 rings (SSSR count). The van der Waals surface area contributed by atoms with Crippen LogP contribution in [0.2, 0.25) is 0 Å². The zero-order valence-electron chi connectivity index (χ0n) is 15.3. The Kier molecular flexibility index (Phi) is 6.91. The van der Waals surface area contributed by atoms with Crippen LogP contribution < -0.4 is 0 Å². The largest absolute Gasteiger partial charge is 0.461 e. The second kappa shape index (κ2) is 8.94. The number of esters is 2. The van der Waals surface area contributed by atoms with Gasteiger partial charge in [0.15, 0.2) is 0 Å². The fraction of sp³-hybridized carbons (Fsp3) is 0.550. The van der Waals surface area contributed by atoms with E-state index >= 15 is 0 Å². The fourth-order valence-electron chi connectivity index (χ4n) is 3.28. The Morgan fingerprint density at radius 1 is 1.50 bits per heavy atom. The summed E-state index contributed by atoms with van der Waals surface area (Å²) in [7, 11) is 0. The number of aliphatic hydroxyl groups is 1. The summed E-state index contributed by atoms with van der Waals surface area (Å²) in [5, 5.41) is 9.55. The monoisotopic (exact) mass is 362 g/mol. The maximum absolute atomic E-state index is 12.2. The number of ether oxygens (including phenoxy) is 2. The smallest absolute Gasteiger partial charge is 0.334 e. The number of hydrogen-bond acceptors (Lipinski definition) is 6. The number of carbonyl (C=O) groups excluding carboxylic acids is 3. The van der Waals surface area contributed by atoms with E-state index in [0.717, 1.165) is 6.29 Å². The zero-order valence-corrected chi connectivity index (χ0v) is 15.3. The normalized spacial score (nSPS) is 28.5. The van der Waals surface area contributed by atoms with Gasteiger partial charge in [0, 0.05) is 18.4 Å². The highest BCUT2D eigenvalue weighted by molar-refractivity contribution is 5.91. The molecule has 1 aliphatic heterocycles. The van der Waals surface area contributed by atoms with Gasteiger partial charge in [-0.3, -0.25) is 9.59 Å². The van der Waals surface area contributed by atoms with Crippen LogP contribution in [0.1, 0.15) is 39.5 Å². The Labute approximate surface area is 153 Å². The van der Waals surface area contributed by atoms with Gasteiger partial charge in [-0.1, -0.05) is 26.5 Å². The van der Waals surface area contributed by atoms with Gasteiger partial charge in [0.05, 0.1) is 12.5 Å². The van der Waals surface area contributed by atoms with Crippen LogP contribution in [-0.4, -0.2) is 42.1 Å². The van der Waals surface area contributed by atoms with Gasteiger partial charge in [0.25, 0.3) is 0 Å². The van der Waals surface area contributed by atoms with Crippen LogP contribution >= 0.6 is 0 Å². The molecule has 0 aromatic rings. The number of carbonyl (C=O) groups is 3. The first-order valence-corrected chi connectivity index (χ1v) is 8.89. The van der Waals surface area contributed by atoms with Crippen LogP contribution in [-0.2, 0) is 23.9 Å². The maximum Gasteiger partial charge on any atom is 0.334 e. The molecule has 0 saturated carbocycles. The lowest BCUT2D eigenvalue weighted by Gasteiger charge is -2.27. The lowest BCUT2D eigenvalue weighted by atomic mass is 9.85. The van der Waals surface area contributed by atoms with Gasteiger partial charge in [-0.15, -0.1) is 0 Å². The number of rotatable bonds is 5. The minimum atomic E-state index is -0.726. The van der Waals surface area contributed by atoms with E-state index in [1.165, 1.54) is 0 Å². The SMILES string of the molecule is C=C1C(=O)O[C@@H]2/C=C(\CO)CCC=C(C=O)C[C@H](OC(=O)CC(C)C)[C@H]12. The molecule has 1 aliphatic carbocycles. The molecule has 1 saturated heterocycles. The molecule has 0 unspecified atom stereocenters. The first-order valence-electron chi connectivity index (χ1n) is 8.89. The lowest BCUT2D eigenvalue weighted by molar-refractivity contribution is -0.153. The molecular weight excluding hydrogens is 336 g/mol. The molecule has 0 radical (unpaired) electrons. The molecule has 6 heteroatoms. The lowest BCUT2D eigenvalue weighted by Crippen LogP contribution is -2.34. The van der Waals surface area contributed by atoms with Crippen LogP contribution in [0.25, 0.3) is 0 Å².